The summed E-state index contributed by atoms with van der Waals surface area (Å²) in [5, 5.41) is 15.6. The molecule has 34 heavy (non-hydrogen) atoms. The molecule has 186 valence electrons. The monoisotopic (exact) mass is 462 g/mol. The lowest BCUT2D eigenvalue weighted by atomic mass is 9.84. The third-order valence-corrected chi connectivity index (χ3v) is 7.08. The topological polar surface area (TPSA) is 48.1 Å². The van der Waals surface area contributed by atoms with Gasteiger partial charge in [-0.2, -0.15) is 0 Å². The number of hydrogen-bond donors (Lipinski definition) is 4. The van der Waals surface area contributed by atoms with Crippen LogP contribution in [0.1, 0.15) is 102 Å². The zero-order chi connectivity index (χ0) is 24.3. The van der Waals surface area contributed by atoms with Gasteiger partial charge in [0.1, 0.15) is 0 Å². The Kier molecular flexibility index (Phi) is 7.83. The van der Waals surface area contributed by atoms with Gasteiger partial charge in [0.25, 0.3) is 0 Å². The molecule has 4 rings (SSSR count). The highest BCUT2D eigenvalue weighted by atomic mass is 15.1. The van der Waals surface area contributed by atoms with E-state index in [0.29, 0.717) is 30.2 Å². The molecular formula is C30H46N4. The first-order chi connectivity index (χ1) is 16.1. The molecule has 3 unspecified atom stereocenters. The van der Waals surface area contributed by atoms with Crippen LogP contribution < -0.4 is 21.3 Å². The molecule has 2 fully saturated rings. The summed E-state index contributed by atoms with van der Waals surface area (Å²) in [6.45, 7) is 14.7. The van der Waals surface area contributed by atoms with Crippen molar-refractivity contribution in [1.82, 2.24) is 21.3 Å². The lowest BCUT2D eigenvalue weighted by molar-refractivity contribution is 0.217. The van der Waals surface area contributed by atoms with Crippen LogP contribution in [0.2, 0.25) is 0 Å². The minimum absolute atomic E-state index is 0.0911. The average molecular weight is 463 g/mol. The summed E-state index contributed by atoms with van der Waals surface area (Å²) in [6, 6.07) is 22.2. The van der Waals surface area contributed by atoms with E-state index < -0.39 is 0 Å². The second-order valence-electron chi connectivity index (χ2n) is 12.4. The van der Waals surface area contributed by atoms with Gasteiger partial charge in [0, 0.05) is 41.3 Å². The van der Waals surface area contributed by atoms with Crippen molar-refractivity contribution in [2.45, 2.75) is 109 Å². The highest BCUT2D eigenvalue weighted by molar-refractivity contribution is 5.31. The van der Waals surface area contributed by atoms with E-state index >= 15 is 0 Å². The van der Waals surface area contributed by atoms with Crippen LogP contribution >= 0.6 is 0 Å². The summed E-state index contributed by atoms with van der Waals surface area (Å²) in [4.78, 5) is 0. The van der Waals surface area contributed by atoms with Crippen molar-refractivity contribution >= 4 is 0 Å². The van der Waals surface area contributed by atoms with E-state index in [-0.39, 0.29) is 11.1 Å². The van der Waals surface area contributed by atoms with Gasteiger partial charge >= 0.3 is 0 Å². The van der Waals surface area contributed by atoms with E-state index in [0.717, 1.165) is 19.4 Å². The van der Waals surface area contributed by atoms with Crippen molar-refractivity contribution in [2.24, 2.45) is 0 Å². The first kappa shape index (κ1) is 25.4. The molecule has 0 spiro atoms. The molecular weight excluding hydrogens is 416 g/mol. The quantitative estimate of drug-likeness (QED) is 0.454. The zero-order valence-corrected chi connectivity index (χ0v) is 22.1. The Morgan fingerprint density at radius 1 is 0.676 bits per heavy atom. The van der Waals surface area contributed by atoms with Crippen LogP contribution in [0.5, 0.6) is 0 Å². The molecule has 0 aliphatic carbocycles. The molecule has 0 radical (unpaired) electrons. The van der Waals surface area contributed by atoms with Gasteiger partial charge in [0.15, 0.2) is 0 Å². The first-order valence-electron chi connectivity index (χ1n) is 13.3. The van der Waals surface area contributed by atoms with Gasteiger partial charge in [0.05, 0.1) is 0 Å². The predicted molar refractivity (Wildman–Crippen MR) is 144 cm³/mol. The van der Waals surface area contributed by atoms with Crippen molar-refractivity contribution in [2.75, 3.05) is 6.54 Å². The molecule has 2 heterocycles. The molecule has 2 aliphatic heterocycles. The molecule has 0 saturated carbocycles. The zero-order valence-electron chi connectivity index (χ0n) is 22.1. The highest BCUT2D eigenvalue weighted by Crippen LogP contribution is 2.35. The standard InChI is InChI=1S/C30H46N4/c1-29(2,3)33-25-16-11-19-31-27(25)23-15-10-14-22(20-23)24-17-18-26(34-30(4,5)6)28(32-24)21-12-8-7-9-13-21/h7-10,12-15,20,24-28,31-34H,11,16-19H2,1-6H3/t24?,25?,26?,27-,28+/m0/s1. The summed E-state index contributed by atoms with van der Waals surface area (Å²) in [5.74, 6) is 0. The number of piperidine rings is 2. The van der Waals surface area contributed by atoms with E-state index in [4.69, 9.17) is 0 Å². The molecule has 2 saturated heterocycles. The summed E-state index contributed by atoms with van der Waals surface area (Å²) >= 11 is 0. The van der Waals surface area contributed by atoms with Gasteiger partial charge in [-0.25, -0.2) is 0 Å². The molecule has 0 bridgehead atoms. The third kappa shape index (κ3) is 6.69. The molecule has 2 aromatic carbocycles. The molecule has 0 aromatic heterocycles. The molecule has 2 aliphatic rings. The van der Waals surface area contributed by atoms with Gasteiger partial charge in [-0.1, -0.05) is 54.6 Å². The van der Waals surface area contributed by atoms with Crippen LogP contribution in [-0.2, 0) is 0 Å². The summed E-state index contributed by atoms with van der Waals surface area (Å²) < 4.78 is 0. The SMILES string of the molecule is CC(C)(C)NC1CCC(c2cccc([C@@H]3NCCCC3NC(C)(C)C)c2)N[C@@H]1c1ccccc1. The van der Waals surface area contributed by atoms with Gasteiger partial charge in [-0.05, 0) is 90.5 Å². The number of hydrogen-bond acceptors (Lipinski definition) is 4. The van der Waals surface area contributed by atoms with Gasteiger partial charge in [0.2, 0.25) is 0 Å². The van der Waals surface area contributed by atoms with Gasteiger partial charge in [-0.3, -0.25) is 0 Å². The Balaban J connectivity index is 1.56. The number of nitrogens with one attached hydrogen (secondary N) is 4. The predicted octanol–water partition coefficient (Wildman–Crippen LogP) is 5.79. The largest absolute Gasteiger partial charge is 0.309 e. The number of benzene rings is 2. The minimum atomic E-state index is 0.0911. The second-order valence-corrected chi connectivity index (χ2v) is 12.4. The summed E-state index contributed by atoms with van der Waals surface area (Å²) in [5.41, 5.74) is 4.39. The smallest absolute Gasteiger partial charge is 0.0480 e. The van der Waals surface area contributed by atoms with Crippen LogP contribution in [0, 0.1) is 0 Å². The molecule has 4 heteroatoms. The Hall–Kier alpha value is -1.72. The van der Waals surface area contributed by atoms with Gasteiger partial charge in [-0.15, -0.1) is 0 Å². The first-order valence-corrected chi connectivity index (χ1v) is 13.3. The Bertz CT molecular complexity index is 911. The summed E-state index contributed by atoms with van der Waals surface area (Å²) in [7, 11) is 0. The van der Waals surface area contributed by atoms with E-state index in [1.807, 2.05) is 0 Å². The molecule has 0 amide bonds. The minimum Gasteiger partial charge on any atom is -0.309 e. The van der Waals surface area contributed by atoms with Crippen LogP contribution in [0.25, 0.3) is 0 Å². The maximum atomic E-state index is 4.04. The van der Waals surface area contributed by atoms with Crippen LogP contribution in [0.4, 0.5) is 0 Å². The summed E-state index contributed by atoms with van der Waals surface area (Å²) in [6.07, 6.45) is 4.75. The van der Waals surface area contributed by atoms with Crippen molar-refractivity contribution in [3.05, 3.63) is 71.3 Å². The van der Waals surface area contributed by atoms with E-state index in [2.05, 4.69) is 117 Å². The Morgan fingerprint density at radius 2 is 1.29 bits per heavy atom. The highest BCUT2D eigenvalue weighted by Gasteiger charge is 2.34. The molecule has 5 atom stereocenters. The van der Waals surface area contributed by atoms with Crippen molar-refractivity contribution in [3.63, 3.8) is 0 Å². The second kappa shape index (κ2) is 10.5. The molecule has 2 aromatic rings. The lowest BCUT2D eigenvalue weighted by Gasteiger charge is -2.42. The lowest BCUT2D eigenvalue weighted by Crippen LogP contribution is -2.53. The average Bonchev–Trinajstić information content (AvgIpc) is 2.78. The molecule has 4 N–H and O–H groups in total. The fraction of sp³-hybridized carbons (Fsp3) is 0.600. The van der Waals surface area contributed by atoms with Crippen molar-refractivity contribution < 1.29 is 0 Å². The fourth-order valence-electron chi connectivity index (χ4n) is 5.81. The van der Waals surface area contributed by atoms with E-state index in [1.165, 1.54) is 29.5 Å². The normalized spacial score (nSPS) is 28.6. The van der Waals surface area contributed by atoms with Crippen LogP contribution in [-0.4, -0.2) is 29.7 Å². The van der Waals surface area contributed by atoms with Gasteiger partial charge < -0.3 is 21.3 Å². The number of rotatable bonds is 5. The Morgan fingerprint density at radius 3 is 1.97 bits per heavy atom. The Labute approximate surface area is 207 Å². The maximum absolute atomic E-state index is 4.04. The van der Waals surface area contributed by atoms with Crippen LogP contribution in [0.15, 0.2) is 54.6 Å². The third-order valence-electron chi connectivity index (χ3n) is 7.08. The maximum Gasteiger partial charge on any atom is 0.0480 e. The molecule has 4 nitrogen and oxygen atoms in total. The van der Waals surface area contributed by atoms with Crippen molar-refractivity contribution in [3.8, 4) is 0 Å². The van der Waals surface area contributed by atoms with E-state index in [1.54, 1.807) is 0 Å². The van der Waals surface area contributed by atoms with Crippen LogP contribution in [0.3, 0.4) is 0 Å². The van der Waals surface area contributed by atoms with Crippen molar-refractivity contribution in [1.29, 1.82) is 0 Å². The van der Waals surface area contributed by atoms with E-state index in [9.17, 15) is 0 Å². The fourth-order valence-corrected chi connectivity index (χ4v) is 5.81.